The first-order valence-corrected chi connectivity index (χ1v) is 9.40. The molecule has 0 amide bonds. The Bertz CT molecular complexity index is 694. The maximum Gasteiger partial charge on any atom is 0.244 e. The fourth-order valence-electron chi connectivity index (χ4n) is 2.11. The van der Waals surface area contributed by atoms with Crippen LogP contribution in [0.25, 0.3) is 0 Å². The van der Waals surface area contributed by atoms with E-state index in [1.807, 2.05) is 6.92 Å². The quantitative estimate of drug-likeness (QED) is 0.842. The van der Waals surface area contributed by atoms with Gasteiger partial charge < -0.3 is 0 Å². The van der Waals surface area contributed by atoms with Crippen LogP contribution < -0.4 is 5.14 Å². The van der Waals surface area contributed by atoms with Crippen LogP contribution in [-0.2, 0) is 20.0 Å². The van der Waals surface area contributed by atoms with Crippen molar-refractivity contribution in [3.05, 3.63) is 24.3 Å². The number of nitrogens with zero attached hydrogens (tertiary/aromatic N) is 1. The van der Waals surface area contributed by atoms with Crippen molar-refractivity contribution in [1.29, 1.82) is 0 Å². The summed E-state index contributed by atoms with van der Waals surface area (Å²) >= 11 is 0. The fraction of sp³-hybridized carbons (Fsp3) is 0.500. The van der Waals surface area contributed by atoms with Gasteiger partial charge in [0.2, 0.25) is 20.0 Å². The average Bonchev–Trinajstić information content (AvgIpc) is 3.19. The second-order valence-electron chi connectivity index (χ2n) is 4.84. The van der Waals surface area contributed by atoms with Crippen molar-refractivity contribution < 1.29 is 16.8 Å². The van der Waals surface area contributed by atoms with Crippen molar-refractivity contribution >= 4 is 20.0 Å². The monoisotopic (exact) mass is 318 g/mol. The number of rotatable bonds is 6. The summed E-state index contributed by atoms with van der Waals surface area (Å²) < 4.78 is 49.9. The van der Waals surface area contributed by atoms with Crippen LogP contribution in [0.5, 0.6) is 0 Å². The lowest BCUT2D eigenvalue weighted by molar-refractivity contribution is 0.402. The first-order valence-electron chi connectivity index (χ1n) is 6.42. The molecule has 1 aliphatic rings. The highest BCUT2D eigenvalue weighted by molar-refractivity contribution is 7.92. The summed E-state index contributed by atoms with van der Waals surface area (Å²) in [6.07, 6.45) is 2.31. The Balaban J connectivity index is 2.54. The zero-order valence-electron chi connectivity index (χ0n) is 11.2. The molecule has 0 atom stereocenters. The first kappa shape index (κ1) is 15.4. The molecule has 0 saturated heterocycles. The number of primary sulfonamides is 1. The van der Waals surface area contributed by atoms with Crippen molar-refractivity contribution in [1.82, 2.24) is 4.31 Å². The summed E-state index contributed by atoms with van der Waals surface area (Å²) in [5.74, 6) is 0. The Labute approximate surface area is 119 Å². The molecule has 0 radical (unpaired) electrons. The van der Waals surface area contributed by atoms with Gasteiger partial charge in [0, 0.05) is 12.6 Å². The second kappa shape index (κ2) is 5.44. The van der Waals surface area contributed by atoms with Crippen LogP contribution in [0.15, 0.2) is 34.1 Å². The van der Waals surface area contributed by atoms with Crippen molar-refractivity contribution in [3.63, 3.8) is 0 Å². The highest BCUT2D eigenvalue weighted by Gasteiger charge is 2.39. The predicted octanol–water partition coefficient (Wildman–Crippen LogP) is 0.897. The molecular weight excluding hydrogens is 300 g/mol. The van der Waals surface area contributed by atoms with E-state index in [0.717, 1.165) is 12.8 Å². The Morgan fingerprint density at radius 1 is 1.15 bits per heavy atom. The van der Waals surface area contributed by atoms with Crippen molar-refractivity contribution in [2.45, 2.75) is 42.0 Å². The molecule has 1 aromatic rings. The van der Waals surface area contributed by atoms with Gasteiger partial charge in [-0.1, -0.05) is 19.1 Å². The third-order valence-electron chi connectivity index (χ3n) is 3.14. The summed E-state index contributed by atoms with van der Waals surface area (Å²) in [4.78, 5) is -0.579. The van der Waals surface area contributed by atoms with Gasteiger partial charge in [-0.05, 0) is 31.4 Å². The van der Waals surface area contributed by atoms with E-state index in [0.29, 0.717) is 13.0 Å². The maximum absolute atomic E-state index is 12.7. The molecule has 1 saturated carbocycles. The number of hydrogen-bond donors (Lipinski definition) is 1. The van der Waals surface area contributed by atoms with Gasteiger partial charge in [-0.3, -0.25) is 0 Å². The van der Waals surface area contributed by atoms with E-state index >= 15 is 0 Å². The molecule has 0 heterocycles. The molecule has 0 aliphatic heterocycles. The smallest absolute Gasteiger partial charge is 0.225 e. The van der Waals surface area contributed by atoms with E-state index in [9.17, 15) is 16.8 Å². The van der Waals surface area contributed by atoms with Crippen molar-refractivity contribution in [2.24, 2.45) is 5.14 Å². The lowest BCUT2D eigenvalue weighted by Gasteiger charge is -2.22. The van der Waals surface area contributed by atoms with Gasteiger partial charge in [0.15, 0.2) is 0 Å². The zero-order chi connectivity index (χ0) is 15.0. The number of hydrogen-bond acceptors (Lipinski definition) is 4. The predicted molar refractivity (Wildman–Crippen MR) is 75.0 cm³/mol. The lowest BCUT2D eigenvalue weighted by Crippen LogP contribution is -2.35. The molecule has 0 spiro atoms. The Hall–Kier alpha value is -0.960. The van der Waals surface area contributed by atoms with Gasteiger partial charge in [-0.2, -0.15) is 4.31 Å². The van der Waals surface area contributed by atoms with Gasteiger partial charge in [0.1, 0.15) is 9.79 Å². The summed E-state index contributed by atoms with van der Waals surface area (Å²) in [6.45, 7) is 2.27. The highest BCUT2D eigenvalue weighted by Crippen LogP contribution is 2.33. The van der Waals surface area contributed by atoms with E-state index in [4.69, 9.17) is 5.14 Å². The minimum absolute atomic E-state index is 0.0199. The molecule has 1 aromatic carbocycles. The molecule has 0 aromatic heterocycles. The fourth-order valence-corrected chi connectivity index (χ4v) is 5.24. The molecule has 2 rings (SSSR count). The Morgan fingerprint density at radius 3 is 2.15 bits per heavy atom. The number of benzene rings is 1. The molecule has 6 nitrogen and oxygen atoms in total. The van der Waals surface area contributed by atoms with Crippen molar-refractivity contribution in [2.75, 3.05) is 6.54 Å². The summed E-state index contributed by atoms with van der Waals surface area (Å²) in [5, 5.41) is 5.11. The SMILES string of the molecule is CCCN(C1CC1)S(=O)(=O)c1ccccc1S(N)(=O)=O. The lowest BCUT2D eigenvalue weighted by atomic mass is 10.4. The van der Waals surface area contributed by atoms with Gasteiger partial charge >= 0.3 is 0 Å². The van der Waals surface area contributed by atoms with Gasteiger partial charge in [0.25, 0.3) is 0 Å². The molecule has 1 fully saturated rings. The summed E-state index contributed by atoms with van der Waals surface area (Å²) in [7, 11) is -7.92. The van der Waals surface area contributed by atoms with Crippen molar-refractivity contribution in [3.8, 4) is 0 Å². The molecule has 112 valence electrons. The topological polar surface area (TPSA) is 97.5 Å². The maximum atomic E-state index is 12.7. The minimum atomic E-state index is -4.08. The molecule has 2 N–H and O–H groups in total. The molecule has 0 bridgehead atoms. The zero-order valence-corrected chi connectivity index (χ0v) is 12.8. The van der Waals surface area contributed by atoms with Crippen LogP contribution in [0.4, 0.5) is 0 Å². The second-order valence-corrected chi connectivity index (χ2v) is 8.23. The largest absolute Gasteiger partial charge is 0.244 e. The van der Waals surface area contributed by atoms with Gasteiger partial charge in [-0.25, -0.2) is 22.0 Å². The van der Waals surface area contributed by atoms with Gasteiger partial charge in [-0.15, -0.1) is 0 Å². The molecule has 8 heteroatoms. The van der Waals surface area contributed by atoms with E-state index in [1.165, 1.54) is 28.6 Å². The highest BCUT2D eigenvalue weighted by atomic mass is 32.2. The first-order chi connectivity index (χ1) is 9.28. The van der Waals surface area contributed by atoms with Crippen LogP contribution in [0, 0.1) is 0 Å². The third-order valence-corrected chi connectivity index (χ3v) is 6.25. The molecule has 1 aliphatic carbocycles. The molecule has 20 heavy (non-hydrogen) atoms. The van der Waals surface area contributed by atoms with Crippen LogP contribution in [0.3, 0.4) is 0 Å². The van der Waals surface area contributed by atoms with Crippen LogP contribution in [-0.4, -0.2) is 33.7 Å². The van der Waals surface area contributed by atoms with E-state index in [-0.39, 0.29) is 15.8 Å². The molecule has 0 unspecified atom stereocenters. The number of nitrogens with two attached hydrogens (primary N) is 1. The normalized spacial score (nSPS) is 16.6. The minimum Gasteiger partial charge on any atom is -0.225 e. The average molecular weight is 318 g/mol. The standard InChI is InChI=1S/C12H18N2O4S2/c1-2-9-14(10-7-8-10)20(17,18)12-6-4-3-5-11(12)19(13,15)16/h3-6,10H,2,7-9H2,1H3,(H2,13,15,16). The molecular formula is C12H18N2O4S2. The van der Waals surface area contributed by atoms with Crippen LogP contribution in [0.1, 0.15) is 26.2 Å². The van der Waals surface area contributed by atoms with Crippen LogP contribution in [0.2, 0.25) is 0 Å². The van der Waals surface area contributed by atoms with Gasteiger partial charge in [0.05, 0.1) is 0 Å². The van der Waals surface area contributed by atoms with Crippen LogP contribution >= 0.6 is 0 Å². The van der Waals surface area contributed by atoms with E-state index < -0.39 is 20.0 Å². The van der Waals surface area contributed by atoms with E-state index in [2.05, 4.69) is 0 Å². The summed E-state index contributed by atoms with van der Waals surface area (Å²) in [5.41, 5.74) is 0. The van der Waals surface area contributed by atoms with E-state index in [1.54, 1.807) is 0 Å². The summed E-state index contributed by atoms with van der Waals surface area (Å²) in [6, 6.07) is 5.45. The third kappa shape index (κ3) is 3.03. The Morgan fingerprint density at radius 2 is 1.70 bits per heavy atom. The Kier molecular flexibility index (Phi) is 4.19. The number of sulfonamides is 2.